The Balaban J connectivity index is 0.000000143. The van der Waals surface area contributed by atoms with Gasteiger partial charge >= 0.3 is 0 Å². The second kappa shape index (κ2) is 47.3. The van der Waals surface area contributed by atoms with Crippen LogP contribution < -0.4 is 21.3 Å². The van der Waals surface area contributed by atoms with Gasteiger partial charge in [-0.2, -0.15) is 0 Å². The fourth-order valence-electron chi connectivity index (χ4n) is 18.2. The lowest BCUT2D eigenvalue weighted by atomic mass is 10.1. The van der Waals surface area contributed by atoms with Gasteiger partial charge in [0.25, 0.3) is 0 Å². The molecular formula is C96H124F4N24O16S4. The number of thioether (sulfide) groups is 4. The minimum Gasteiger partial charge on any atom is -0.394 e. The van der Waals surface area contributed by atoms with Crippen LogP contribution in [0.2, 0.25) is 0 Å². The molecule has 4 aromatic carbocycles. The Kier molecular flexibility index (Phi) is 28.4. The molecule has 20 rings (SSSR count). The van der Waals surface area contributed by atoms with Crippen LogP contribution in [0.15, 0.2) is 93.4 Å². The predicted octanol–water partition coefficient (Wildman–Crippen LogP) is 8.73. The number of anilines is 4. The molecule has 0 aliphatic heterocycles. The fraction of sp³-hybridized carbons (Fsp3) is 0.583. The second-order valence-electron chi connectivity index (χ2n) is 36.2. The van der Waals surface area contributed by atoms with Gasteiger partial charge < -0.3 is 101 Å². The third-order valence-corrected chi connectivity index (χ3v) is 29.6. The minimum atomic E-state index is -3.38. The Hall–Kier alpha value is -9.52. The largest absolute Gasteiger partial charge is 0.394 e. The van der Waals surface area contributed by atoms with Gasteiger partial charge in [-0.15, -0.1) is 20.4 Å². The van der Waals surface area contributed by atoms with Crippen LogP contribution in [0.1, 0.15) is 219 Å². The molecule has 24 atom stereocenters. The van der Waals surface area contributed by atoms with Crippen LogP contribution in [-0.4, -0.2) is 334 Å². The lowest BCUT2D eigenvalue weighted by molar-refractivity contribution is -0.0629. The number of hydrogen-bond acceptors (Lipinski definition) is 40. The topological polar surface area (TPSA) is 554 Å². The summed E-state index contributed by atoms with van der Waals surface area (Å²) in [4.78, 5) is 36.1. The van der Waals surface area contributed by atoms with E-state index in [0.717, 1.165) is 88.6 Å². The van der Waals surface area contributed by atoms with E-state index in [9.17, 15) is 73.7 Å². The zero-order chi connectivity index (χ0) is 116. The van der Waals surface area contributed by atoms with Crippen molar-refractivity contribution in [1.82, 2.24) is 99.8 Å². The van der Waals surface area contributed by atoms with Crippen LogP contribution in [0.25, 0.3) is 44.7 Å². The first-order chi connectivity index (χ1) is 75.2. The number of nitrogens with one attached hydrogen (secondary N) is 4. The number of benzene rings is 4. The summed E-state index contributed by atoms with van der Waals surface area (Å²) in [5, 5.41) is 170. The van der Waals surface area contributed by atoms with E-state index < -0.39 is 160 Å². The first-order valence-corrected chi connectivity index (χ1v) is 50.6. The van der Waals surface area contributed by atoms with Crippen LogP contribution in [-0.2, 0) is 18.9 Å². The highest BCUT2D eigenvalue weighted by atomic mass is 32.2. The molecule has 16 N–H and O–H groups in total. The molecule has 12 aromatic rings. The number of fused-ring (bicyclic) bond motifs is 4. The van der Waals surface area contributed by atoms with Gasteiger partial charge in [0.15, 0.2) is 88.6 Å². The van der Waals surface area contributed by atoms with E-state index >= 15 is 0 Å². The summed E-state index contributed by atoms with van der Waals surface area (Å²) in [5.41, 5.74) is 0.902. The average Bonchev–Trinajstić information content (AvgIpc) is 1.60. The van der Waals surface area contributed by atoms with Gasteiger partial charge in [-0.1, -0.05) is 144 Å². The average molecular weight is 2090 g/mol. The van der Waals surface area contributed by atoms with Crippen LogP contribution in [0.3, 0.4) is 0 Å². The van der Waals surface area contributed by atoms with Crippen molar-refractivity contribution in [2.24, 2.45) is 0 Å². The molecule has 8 heterocycles. The van der Waals surface area contributed by atoms with Gasteiger partial charge in [0.05, 0.1) is 112 Å². The zero-order valence-electron chi connectivity index (χ0n) is 95.2. The van der Waals surface area contributed by atoms with E-state index in [1.807, 2.05) is 24.3 Å². The van der Waals surface area contributed by atoms with Gasteiger partial charge in [0.2, 0.25) is 0 Å². The first kappa shape index (κ1) is 86.5. The molecule has 0 amide bonds. The summed E-state index contributed by atoms with van der Waals surface area (Å²) >= 11 is 3.33. The van der Waals surface area contributed by atoms with Gasteiger partial charge in [-0.25, -0.2) is 76.2 Å². The third kappa shape index (κ3) is 23.8. The molecule has 144 heavy (non-hydrogen) atoms. The van der Waals surface area contributed by atoms with Crippen molar-refractivity contribution in [3.63, 3.8) is 0 Å². The zero-order valence-corrected chi connectivity index (χ0v) is 82.5. The fourth-order valence-corrected chi connectivity index (χ4v) is 20.4. The Morgan fingerprint density at radius 3 is 0.826 bits per heavy atom. The van der Waals surface area contributed by atoms with Crippen molar-refractivity contribution >= 4 is 115 Å². The van der Waals surface area contributed by atoms with E-state index in [4.69, 9.17) is 46.0 Å². The lowest BCUT2D eigenvalue weighted by Gasteiger charge is -2.17. The summed E-state index contributed by atoms with van der Waals surface area (Å²) in [6.07, 6.45) is -11.8. The van der Waals surface area contributed by atoms with Crippen LogP contribution in [0.5, 0.6) is 0 Å². The molecule has 776 valence electrons. The molecule has 8 fully saturated rings. The Morgan fingerprint density at radius 2 is 0.590 bits per heavy atom. The number of halogens is 4. The molecule has 8 aliphatic rings. The lowest BCUT2D eigenvalue weighted by Crippen LogP contribution is -2.33. The quantitative estimate of drug-likeness (QED) is 0.00969. The van der Waals surface area contributed by atoms with E-state index in [1.165, 1.54) is 36.9 Å². The second-order valence-corrected chi connectivity index (χ2v) is 39.6. The number of ether oxygens (including phenoxy) is 4. The van der Waals surface area contributed by atoms with Crippen molar-refractivity contribution in [2.45, 2.75) is 298 Å². The van der Waals surface area contributed by atoms with Gasteiger partial charge in [-0.3, -0.25) is 0 Å². The molecule has 8 aromatic heterocycles. The standard InChI is InChI=1S/4C24H31FN6O4S/c4*1-3-8-36-24-27-22(26-16-10-14(16)13-5-4-12(2)15(25)9-13)19-23(28-24)31(30-29-19)17-11-18(35-7-6-32)21(34)20(17)33/h4*4-5,9,14,16-18,20-21,32-34H,3,6-8,10-11H2,1-2H3,(H,26,27,28)/t4*14-,16+,17+,18-,20-,21+/m0000/s1/i6D2,7D2,8D2;7D2,8D2;6D2,8D2;8D2. The summed E-state index contributed by atoms with van der Waals surface area (Å²) in [5.74, 6) is 0.337. The number of nitrogens with zero attached hydrogens (tertiary/aromatic N) is 20. The van der Waals surface area contributed by atoms with E-state index in [2.05, 4.69) is 102 Å². The van der Waals surface area contributed by atoms with Crippen LogP contribution in [0.4, 0.5) is 40.8 Å². The number of aromatic nitrogens is 20. The molecule has 0 spiro atoms. The molecule has 40 nitrogen and oxygen atoms in total. The third-order valence-electron chi connectivity index (χ3n) is 26.4. The highest BCUT2D eigenvalue weighted by Gasteiger charge is 2.51. The van der Waals surface area contributed by atoms with Crippen LogP contribution in [0, 0.1) is 51.0 Å². The molecule has 0 radical (unpaired) electrons. The van der Waals surface area contributed by atoms with E-state index in [-0.39, 0.29) is 201 Å². The smallest absolute Gasteiger partial charge is 0.191 e. The molecule has 0 bridgehead atoms. The molecule has 0 saturated heterocycles. The summed E-state index contributed by atoms with van der Waals surface area (Å²) < 4.78 is 208. The number of hydrogen-bond donors (Lipinski definition) is 16. The number of aryl methyl sites for hydroxylation is 4. The van der Waals surface area contributed by atoms with Crippen LogP contribution >= 0.6 is 47.0 Å². The molecule has 0 unspecified atom stereocenters. The van der Waals surface area contributed by atoms with Gasteiger partial charge in [0, 0.05) is 107 Å². The van der Waals surface area contributed by atoms with Crippen molar-refractivity contribution < 1.29 is 120 Å². The first-order valence-electron chi connectivity index (χ1n) is 55.3. The highest BCUT2D eigenvalue weighted by Crippen LogP contribution is 2.50. The number of aliphatic hydroxyl groups is 12. The Morgan fingerprint density at radius 1 is 0.333 bits per heavy atom. The van der Waals surface area contributed by atoms with E-state index in [0.29, 0.717) is 51.6 Å². The Bertz CT molecular complexity index is 7250. The van der Waals surface area contributed by atoms with Gasteiger partial charge in [-0.05, 0) is 148 Å². The number of aliphatic hydroxyl groups excluding tert-OH is 10. The van der Waals surface area contributed by atoms with E-state index in [1.54, 1.807) is 85.7 Å². The molecule has 8 saturated carbocycles. The SMILES string of the molecule is [2H]C([2H])(CC)Sc1nc(N[C@@H]2C[C@H]2c2ccc(C)c(F)c2)c2nnn([C@@H]3C[C@H](OC([2H])([2H])C([2H])([2H])O)[C@@H](O)[C@H]3O)c2n1.[2H]C([2H])(CC)Sc1nc(N[C@@H]2C[C@H]2c2ccc(C)c(F)c2)c2nnn([C@@H]3C[C@H](OCCO)[C@@H](O)[C@H]3O)c2n1.[2H]C([2H])(CO)O[C@H]1C[C@@H](n2nnc3c(N[C@@H]4C[C@H]4c4ccc(C)c(F)c4)nc(SC([2H])([2H])CC)nc32)[C@H](O)[C@@H]1O.[2H]C([2H])(O)CO[C@H]1C[C@@H](n2nnc3c(N[C@@H]4C[C@H]4c4ccc(C)c(F)c4)nc(SC([2H])([2H])CC)nc32)[C@H](O)[C@@H]1O. The maximum Gasteiger partial charge on any atom is 0.191 e. The monoisotopic (exact) mass is 2090 g/mol. The summed E-state index contributed by atoms with van der Waals surface area (Å²) in [7, 11) is 0. The predicted molar refractivity (Wildman–Crippen MR) is 530 cm³/mol. The number of rotatable bonds is 40. The van der Waals surface area contributed by atoms with Crippen molar-refractivity contribution in [2.75, 3.05) is 96.8 Å². The van der Waals surface area contributed by atoms with Gasteiger partial charge in [0.1, 0.15) is 72.1 Å². The normalized spacial score (nSPS) is 30.1. The molecular weight excluding hydrogens is 1950 g/mol. The van der Waals surface area contributed by atoms with Crippen molar-refractivity contribution in [3.05, 3.63) is 141 Å². The Labute approximate surface area is 866 Å². The summed E-state index contributed by atoms with van der Waals surface area (Å²) in [6, 6.07) is 16.8. The molecule has 8 aliphatic carbocycles. The maximum absolute atomic E-state index is 14.2. The highest BCUT2D eigenvalue weighted by molar-refractivity contribution is 7.99. The minimum absolute atomic E-state index is 0.00535. The maximum atomic E-state index is 14.2. The van der Waals surface area contributed by atoms with Crippen molar-refractivity contribution in [1.29, 1.82) is 0 Å². The summed E-state index contributed by atoms with van der Waals surface area (Å²) in [6.45, 7) is 0.237. The van der Waals surface area contributed by atoms with Crippen molar-refractivity contribution in [3.8, 4) is 0 Å². The molecule has 48 heteroatoms.